The van der Waals surface area contributed by atoms with Gasteiger partial charge in [0.25, 0.3) is 5.91 Å². The molecule has 0 saturated heterocycles. The SMILES string of the molecule is Cc1ccc(S(=O)(=O)NCCNC(=O)c2sc(-c3cccnc3)nc2C)cc1. The molecule has 0 bridgehead atoms. The summed E-state index contributed by atoms with van der Waals surface area (Å²) >= 11 is 1.28. The molecule has 0 unspecified atom stereocenters. The molecule has 0 radical (unpaired) electrons. The standard InChI is InChI=1S/C19H20N4O3S2/c1-13-5-7-16(8-6-13)28(25,26)22-11-10-21-18(24)17-14(2)23-19(27-17)15-4-3-9-20-12-15/h3-9,12,22H,10-11H2,1-2H3,(H,21,24). The van der Waals surface area contributed by atoms with E-state index in [1.165, 1.54) is 11.3 Å². The summed E-state index contributed by atoms with van der Waals surface area (Å²) in [6.07, 6.45) is 3.37. The zero-order valence-electron chi connectivity index (χ0n) is 15.5. The number of amides is 1. The summed E-state index contributed by atoms with van der Waals surface area (Å²) < 4.78 is 27.0. The number of nitrogens with one attached hydrogen (secondary N) is 2. The summed E-state index contributed by atoms with van der Waals surface area (Å²) in [6.45, 7) is 3.92. The quantitative estimate of drug-likeness (QED) is 0.577. The first kappa shape index (κ1) is 20.1. The second kappa shape index (κ2) is 8.59. The lowest BCUT2D eigenvalue weighted by Gasteiger charge is -2.08. The molecule has 28 heavy (non-hydrogen) atoms. The van der Waals surface area contributed by atoms with Crippen LogP contribution in [0.5, 0.6) is 0 Å². The molecule has 0 spiro atoms. The van der Waals surface area contributed by atoms with Crippen LogP contribution in [0.3, 0.4) is 0 Å². The average molecular weight is 417 g/mol. The number of hydrogen-bond acceptors (Lipinski definition) is 6. The van der Waals surface area contributed by atoms with Gasteiger partial charge in [-0.25, -0.2) is 18.1 Å². The van der Waals surface area contributed by atoms with Crippen LogP contribution in [0.25, 0.3) is 10.6 Å². The molecule has 1 aromatic carbocycles. The molecule has 2 aromatic heterocycles. The molecule has 0 aliphatic carbocycles. The van der Waals surface area contributed by atoms with Crippen LogP contribution in [-0.4, -0.2) is 37.4 Å². The van der Waals surface area contributed by atoms with E-state index in [0.29, 0.717) is 10.6 Å². The Morgan fingerprint density at radius 3 is 2.54 bits per heavy atom. The van der Waals surface area contributed by atoms with E-state index in [2.05, 4.69) is 20.0 Å². The lowest BCUT2D eigenvalue weighted by molar-refractivity contribution is 0.0957. The second-order valence-electron chi connectivity index (χ2n) is 6.14. The Labute approximate surface area is 167 Å². The summed E-state index contributed by atoms with van der Waals surface area (Å²) in [5, 5.41) is 3.45. The number of carbonyl (C=O) groups excluding carboxylic acids is 1. The first-order chi connectivity index (χ1) is 13.4. The zero-order chi connectivity index (χ0) is 20.1. The van der Waals surface area contributed by atoms with Crippen LogP contribution < -0.4 is 10.0 Å². The van der Waals surface area contributed by atoms with Crippen molar-refractivity contribution in [3.63, 3.8) is 0 Å². The van der Waals surface area contributed by atoms with Gasteiger partial charge in [0.2, 0.25) is 10.0 Å². The fourth-order valence-corrected chi connectivity index (χ4v) is 4.47. The highest BCUT2D eigenvalue weighted by Crippen LogP contribution is 2.27. The van der Waals surface area contributed by atoms with E-state index in [9.17, 15) is 13.2 Å². The van der Waals surface area contributed by atoms with E-state index < -0.39 is 10.0 Å². The Morgan fingerprint density at radius 1 is 1.11 bits per heavy atom. The number of pyridine rings is 1. The Hall–Kier alpha value is -2.62. The van der Waals surface area contributed by atoms with Gasteiger partial charge < -0.3 is 5.32 Å². The predicted molar refractivity (Wildman–Crippen MR) is 109 cm³/mol. The molecule has 0 fully saturated rings. The van der Waals surface area contributed by atoms with Gasteiger partial charge in [-0.05, 0) is 38.1 Å². The third kappa shape index (κ3) is 4.80. The summed E-state index contributed by atoms with van der Waals surface area (Å²) in [7, 11) is -3.60. The average Bonchev–Trinajstić information content (AvgIpc) is 3.08. The molecule has 7 nitrogen and oxygen atoms in total. The predicted octanol–water partition coefficient (Wildman–Crippen LogP) is 2.53. The molecule has 2 heterocycles. The van der Waals surface area contributed by atoms with E-state index in [0.717, 1.165) is 16.1 Å². The number of benzene rings is 1. The molecule has 3 aromatic rings. The van der Waals surface area contributed by atoms with Crippen LogP contribution in [0, 0.1) is 13.8 Å². The summed E-state index contributed by atoms with van der Waals surface area (Å²) in [5.41, 5.74) is 2.46. The molecular formula is C19H20N4O3S2. The van der Waals surface area contributed by atoms with Gasteiger partial charge in [-0.15, -0.1) is 11.3 Å². The van der Waals surface area contributed by atoms with Crippen molar-refractivity contribution in [2.45, 2.75) is 18.7 Å². The largest absolute Gasteiger partial charge is 0.350 e. The maximum absolute atomic E-state index is 12.4. The number of nitrogens with zero attached hydrogens (tertiary/aromatic N) is 2. The van der Waals surface area contributed by atoms with Crippen molar-refractivity contribution < 1.29 is 13.2 Å². The topological polar surface area (TPSA) is 101 Å². The van der Waals surface area contributed by atoms with Gasteiger partial charge >= 0.3 is 0 Å². The van der Waals surface area contributed by atoms with Crippen LogP contribution in [-0.2, 0) is 10.0 Å². The Morgan fingerprint density at radius 2 is 1.86 bits per heavy atom. The number of hydrogen-bond donors (Lipinski definition) is 2. The molecule has 9 heteroatoms. The van der Waals surface area contributed by atoms with E-state index in [4.69, 9.17) is 0 Å². The fraction of sp³-hybridized carbons (Fsp3) is 0.211. The number of carbonyl (C=O) groups is 1. The van der Waals surface area contributed by atoms with Crippen molar-refractivity contribution in [3.8, 4) is 10.6 Å². The molecule has 0 saturated carbocycles. The highest BCUT2D eigenvalue weighted by Gasteiger charge is 2.17. The highest BCUT2D eigenvalue weighted by molar-refractivity contribution is 7.89. The number of aryl methyl sites for hydroxylation is 2. The van der Waals surface area contributed by atoms with Crippen molar-refractivity contribution in [2.24, 2.45) is 0 Å². The van der Waals surface area contributed by atoms with E-state index in [-0.39, 0.29) is 23.9 Å². The van der Waals surface area contributed by atoms with Gasteiger partial charge in [0.15, 0.2) is 0 Å². The number of sulfonamides is 1. The zero-order valence-corrected chi connectivity index (χ0v) is 17.1. The molecular weight excluding hydrogens is 396 g/mol. The first-order valence-electron chi connectivity index (χ1n) is 8.59. The van der Waals surface area contributed by atoms with Gasteiger partial charge in [0.05, 0.1) is 10.6 Å². The minimum absolute atomic E-state index is 0.0925. The third-order valence-electron chi connectivity index (χ3n) is 3.95. The number of aromatic nitrogens is 2. The van der Waals surface area contributed by atoms with Crippen LogP contribution in [0.15, 0.2) is 53.7 Å². The monoisotopic (exact) mass is 416 g/mol. The molecule has 146 valence electrons. The van der Waals surface area contributed by atoms with E-state index in [1.54, 1.807) is 43.6 Å². The number of thiazole rings is 1. The van der Waals surface area contributed by atoms with Crippen molar-refractivity contribution in [1.82, 2.24) is 20.0 Å². The second-order valence-corrected chi connectivity index (χ2v) is 8.91. The summed E-state index contributed by atoms with van der Waals surface area (Å²) in [5.74, 6) is -0.278. The van der Waals surface area contributed by atoms with Crippen molar-refractivity contribution >= 4 is 27.3 Å². The summed E-state index contributed by atoms with van der Waals surface area (Å²) in [6, 6.07) is 10.3. The Kier molecular flexibility index (Phi) is 6.18. The Bertz CT molecular complexity index is 1060. The van der Waals surface area contributed by atoms with Crippen LogP contribution in [0.1, 0.15) is 20.9 Å². The molecule has 0 atom stereocenters. The van der Waals surface area contributed by atoms with Crippen molar-refractivity contribution in [1.29, 1.82) is 0 Å². The van der Waals surface area contributed by atoms with Crippen LogP contribution >= 0.6 is 11.3 Å². The maximum Gasteiger partial charge on any atom is 0.263 e. The molecule has 0 aliphatic rings. The highest BCUT2D eigenvalue weighted by atomic mass is 32.2. The van der Waals surface area contributed by atoms with Crippen LogP contribution in [0.2, 0.25) is 0 Å². The van der Waals surface area contributed by atoms with Crippen LogP contribution in [0.4, 0.5) is 0 Å². The van der Waals surface area contributed by atoms with Crippen molar-refractivity contribution in [3.05, 3.63) is 64.9 Å². The minimum atomic E-state index is -3.60. The van der Waals surface area contributed by atoms with Gasteiger partial charge in [-0.2, -0.15) is 0 Å². The normalized spacial score (nSPS) is 11.4. The van der Waals surface area contributed by atoms with Gasteiger partial charge in [0.1, 0.15) is 9.88 Å². The van der Waals surface area contributed by atoms with E-state index in [1.807, 2.05) is 19.1 Å². The van der Waals surface area contributed by atoms with Gasteiger partial charge in [-0.1, -0.05) is 17.7 Å². The molecule has 1 amide bonds. The first-order valence-corrected chi connectivity index (χ1v) is 10.9. The fourth-order valence-electron chi connectivity index (χ4n) is 2.46. The third-order valence-corrected chi connectivity index (χ3v) is 6.63. The minimum Gasteiger partial charge on any atom is -0.350 e. The number of rotatable bonds is 7. The summed E-state index contributed by atoms with van der Waals surface area (Å²) in [4.78, 5) is 21.6. The lowest BCUT2D eigenvalue weighted by Crippen LogP contribution is -2.34. The maximum atomic E-state index is 12.4. The van der Waals surface area contributed by atoms with Gasteiger partial charge in [0, 0.05) is 31.0 Å². The van der Waals surface area contributed by atoms with Crippen molar-refractivity contribution in [2.75, 3.05) is 13.1 Å². The molecule has 3 rings (SSSR count). The smallest absolute Gasteiger partial charge is 0.263 e. The molecule has 0 aliphatic heterocycles. The Balaban J connectivity index is 1.56. The van der Waals surface area contributed by atoms with E-state index >= 15 is 0 Å². The molecule has 2 N–H and O–H groups in total. The van der Waals surface area contributed by atoms with Gasteiger partial charge in [-0.3, -0.25) is 9.78 Å². The lowest BCUT2D eigenvalue weighted by atomic mass is 10.2.